The molecule has 2 aliphatic rings. The number of piperidine rings is 1. The van der Waals surface area contributed by atoms with Crippen LogP contribution in [0.1, 0.15) is 45.1 Å². The van der Waals surface area contributed by atoms with E-state index in [1.165, 1.54) is 0 Å². The Hall–Kier alpha value is -1.59. The predicted octanol–water partition coefficient (Wildman–Crippen LogP) is 3.29. The van der Waals surface area contributed by atoms with Crippen LogP contribution in [0.5, 0.6) is 0 Å². The molecule has 5 nitrogen and oxygen atoms in total. The monoisotopic (exact) mass is 382 g/mol. The molecule has 1 saturated heterocycles. The molecule has 7 heteroatoms. The van der Waals surface area contributed by atoms with Crippen LogP contribution in [0.4, 0.5) is 5.69 Å². The minimum absolute atomic E-state index is 0.225. The maximum absolute atomic E-state index is 12.4. The van der Waals surface area contributed by atoms with Crippen LogP contribution in [0.3, 0.4) is 0 Å². The first-order valence-electron chi connectivity index (χ1n) is 8.29. The highest BCUT2D eigenvalue weighted by Gasteiger charge is 2.67. The van der Waals surface area contributed by atoms with Crippen LogP contribution in [0, 0.1) is 5.41 Å². The molecule has 1 heterocycles. The van der Waals surface area contributed by atoms with E-state index in [2.05, 4.69) is 10.6 Å². The molecule has 25 heavy (non-hydrogen) atoms. The second-order valence-corrected chi connectivity index (χ2v) is 8.54. The smallest absolute Gasteiger partial charge is 0.237 e. The fraction of sp³-hybridized carbons (Fsp3) is 0.500. The summed E-state index contributed by atoms with van der Waals surface area (Å²) in [5.41, 5.74) is -0.0483. The van der Waals surface area contributed by atoms with Crippen molar-refractivity contribution in [1.29, 1.82) is 0 Å². The summed E-state index contributed by atoms with van der Waals surface area (Å²) >= 11 is 12.1. The third-order valence-corrected chi connectivity index (χ3v) is 6.63. The lowest BCUT2D eigenvalue weighted by atomic mass is 9.72. The summed E-state index contributed by atoms with van der Waals surface area (Å²) in [5, 5.41) is 5.24. The lowest BCUT2D eigenvalue weighted by Crippen LogP contribution is -2.51. The average molecular weight is 383 g/mol. The van der Waals surface area contributed by atoms with Gasteiger partial charge in [0.05, 0.1) is 10.8 Å². The molecule has 0 aromatic heterocycles. The van der Waals surface area contributed by atoms with Gasteiger partial charge in [0.1, 0.15) is 4.33 Å². The van der Waals surface area contributed by atoms with E-state index < -0.39 is 15.2 Å². The zero-order valence-corrected chi connectivity index (χ0v) is 15.6. The van der Waals surface area contributed by atoms with Crippen molar-refractivity contribution < 1.29 is 14.4 Å². The van der Waals surface area contributed by atoms with Gasteiger partial charge in [0.25, 0.3) is 0 Å². The van der Waals surface area contributed by atoms with Gasteiger partial charge in [-0.1, -0.05) is 19.1 Å². The Bertz CT molecular complexity index is 747. The molecule has 1 aromatic carbocycles. The first-order chi connectivity index (χ1) is 11.6. The van der Waals surface area contributed by atoms with Crippen LogP contribution in [0.2, 0.25) is 0 Å². The third-order valence-electron chi connectivity index (χ3n) is 5.52. The van der Waals surface area contributed by atoms with E-state index >= 15 is 0 Å². The Labute approximate surface area is 156 Å². The van der Waals surface area contributed by atoms with Crippen molar-refractivity contribution in [2.24, 2.45) is 5.41 Å². The van der Waals surface area contributed by atoms with E-state index in [-0.39, 0.29) is 17.7 Å². The van der Waals surface area contributed by atoms with Gasteiger partial charge >= 0.3 is 0 Å². The Morgan fingerprint density at radius 3 is 2.32 bits per heavy atom. The number of alkyl halides is 2. The number of hydrogen-bond donors (Lipinski definition) is 2. The topological polar surface area (TPSA) is 75.3 Å². The number of benzene rings is 1. The number of rotatable bonds is 4. The SMILES string of the molecule is CC[C@]1(c2ccc(NC(=O)[C@@]3(C)CC3(Cl)Cl)cc2)CCC(=O)NC1=O. The van der Waals surface area contributed by atoms with Gasteiger partial charge in [0, 0.05) is 12.1 Å². The maximum atomic E-state index is 12.4. The Morgan fingerprint density at radius 2 is 1.84 bits per heavy atom. The van der Waals surface area contributed by atoms with Crippen molar-refractivity contribution in [3.63, 3.8) is 0 Å². The van der Waals surface area contributed by atoms with Crippen molar-refractivity contribution in [3.05, 3.63) is 29.8 Å². The van der Waals surface area contributed by atoms with Crippen LogP contribution in [-0.4, -0.2) is 22.1 Å². The summed E-state index contributed by atoms with van der Waals surface area (Å²) in [7, 11) is 0. The number of amides is 3. The minimum Gasteiger partial charge on any atom is -0.326 e. The predicted molar refractivity (Wildman–Crippen MR) is 96.6 cm³/mol. The van der Waals surface area contributed by atoms with E-state index in [0.717, 1.165) is 5.56 Å². The highest BCUT2D eigenvalue weighted by molar-refractivity contribution is 6.53. The Kier molecular flexibility index (Phi) is 4.36. The molecule has 0 unspecified atom stereocenters. The van der Waals surface area contributed by atoms with Crippen molar-refractivity contribution in [2.45, 2.75) is 49.3 Å². The molecule has 1 aliphatic carbocycles. The summed E-state index contributed by atoms with van der Waals surface area (Å²) in [6.07, 6.45) is 1.82. The van der Waals surface area contributed by atoms with E-state index in [1.807, 2.05) is 19.1 Å². The fourth-order valence-corrected chi connectivity index (χ4v) is 4.06. The van der Waals surface area contributed by atoms with Crippen molar-refractivity contribution in [2.75, 3.05) is 5.32 Å². The molecule has 2 N–H and O–H groups in total. The third kappa shape index (κ3) is 2.93. The standard InChI is InChI=1S/C18H20Cl2N2O3/c1-3-17(9-8-13(23)22-15(17)25)11-4-6-12(7-5-11)21-14(24)16(2)10-18(16,19)20/h4-7H,3,8-10H2,1-2H3,(H,21,24)(H,22,23,25)/t16-,17-/m1/s1. The average Bonchev–Trinajstić information content (AvgIpc) is 3.09. The molecule has 1 saturated carbocycles. The molecule has 0 bridgehead atoms. The van der Waals surface area contributed by atoms with Gasteiger partial charge in [-0.15, -0.1) is 23.2 Å². The first kappa shape index (κ1) is 18.2. The summed E-state index contributed by atoms with van der Waals surface area (Å²) in [6.45, 7) is 3.66. The summed E-state index contributed by atoms with van der Waals surface area (Å²) in [5.74, 6) is -0.722. The maximum Gasteiger partial charge on any atom is 0.237 e. The van der Waals surface area contributed by atoms with Gasteiger partial charge in [-0.2, -0.15) is 0 Å². The number of nitrogens with one attached hydrogen (secondary N) is 2. The second kappa shape index (κ2) is 5.99. The number of carbonyl (C=O) groups is 3. The largest absolute Gasteiger partial charge is 0.326 e. The van der Waals surface area contributed by atoms with E-state index in [0.29, 0.717) is 31.4 Å². The van der Waals surface area contributed by atoms with E-state index in [4.69, 9.17) is 23.2 Å². The molecular formula is C18H20Cl2N2O3. The number of halogens is 2. The van der Waals surface area contributed by atoms with Gasteiger partial charge < -0.3 is 5.32 Å². The van der Waals surface area contributed by atoms with Crippen LogP contribution < -0.4 is 10.6 Å². The molecule has 0 spiro atoms. The zero-order chi connectivity index (χ0) is 18.5. The molecule has 3 amide bonds. The van der Waals surface area contributed by atoms with E-state index in [9.17, 15) is 14.4 Å². The number of hydrogen-bond acceptors (Lipinski definition) is 3. The highest BCUT2D eigenvalue weighted by atomic mass is 35.5. The Morgan fingerprint density at radius 1 is 1.24 bits per heavy atom. The number of anilines is 1. The van der Waals surface area contributed by atoms with Crippen LogP contribution in [0.25, 0.3) is 0 Å². The summed E-state index contributed by atoms with van der Waals surface area (Å²) in [6, 6.07) is 7.14. The molecule has 134 valence electrons. The highest BCUT2D eigenvalue weighted by Crippen LogP contribution is 2.64. The summed E-state index contributed by atoms with van der Waals surface area (Å²) < 4.78 is -1.02. The molecule has 1 aromatic rings. The normalized spacial score (nSPS) is 30.6. The molecule has 2 fully saturated rings. The molecule has 1 aliphatic heterocycles. The summed E-state index contributed by atoms with van der Waals surface area (Å²) in [4.78, 5) is 36.2. The fourth-order valence-electron chi connectivity index (χ4n) is 3.35. The molecular weight excluding hydrogens is 363 g/mol. The van der Waals surface area contributed by atoms with Gasteiger partial charge in [0.15, 0.2) is 0 Å². The number of carbonyl (C=O) groups excluding carboxylic acids is 3. The molecule has 0 radical (unpaired) electrons. The van der Waals surface area contributed by atoms with Gasteiger partial charge in [-0.3, -0.25) is 19.7 Å². The minimum atomic E-state index is -1.02. The van der Waals surface area contributed by atoms with Crippen molar-refractivity contribution in [1.82, 2.24) is 5.32 Å². The molecule has 2 atom stereocenters. The quantitative estimate of drug-likeness (QED) is 0.619. The lowest BCUT2D eigenvalue weighted by molar-refractivity contribution is -0.138. The lowest BCUT2D eigenvalue weighted by Gasteiger charge is -2.35. The number of imide groups is 1. The Balaban J connectivity index is 1.77. The molecule has 3 rings (SSSR count). The van der Waals surface area contributed by atoms with Gasteiger partial charge in [-0.05, 0) is 43.9 Å². The van der Waals surface area contributed by atoms with Crippen LogP contribution in [0.15, 0.2) is 24.3 Å². The van der Waals surface area contributed by atoms with Crippen molar-refractivity contribution in [3.8, 4) is 0 Å². The van der Waals surface area contributed by atoms with Gasteiger partial charge in [0.2, 0.25) is 17.7 Å². The zero-order valence-electron chi connectivity index (χ0n) is 14.1. The van der Waals surface area contributed by atoms with Gasteiger partial charge in [-0.25, -0.2) is 0 Å². The van der Waals surface area contributed by atoms with Crippen LogP contribution >= 0.6 is 23.2 Å². The first-order valence-corrected chi connectivity index (χ1v) is 9.04. The van der Waals surface area contributed by atoms with E-state index in [1.54, 1.807) is 19.1 Å². The second-order valence-electron chi connectivity index (χ2n) is 7.06. The van der Waals surface area contributed by atoms with Crippen LogP contribution in [-0.2, 0) is 19.8 Å². The van der Waals surface area contributed by atoms with Crippen molar-refractivity contribution >= 4 is 46.6 Å².